The van der Waals surface area contributed by atoms with Gasteiger partial charge in [-0.1, -0.05) is 26.0 Å². The summed E-state index contributed by atoms with van der Waals surface area (Å²) in [7, 11) is 2.00. The molecule has 232 valence electrons. The summed E-state index contributed by atoms with van der Waals surface area (Å²) in [6, 6.07) is 3.83. The van der Waals surface area contributed by atoms with Gasteiger partial charge in [-0.2, -0.15) is 0 Å². The zero-order valence-electron chi connectivity index (χ0n) is 26.0. The third kappa shape index (κ3) is 6.01. The van der Waals surface area contributed by atoms with Gasteiger partial charge >= 0.3 is 11.9 Å². The van der Waals surface area contributed by atoms with Gasteiger partial charge in [-0.3, -0.25) is 9.59 Å². The molecule has 1 aromatic rings. The lowest BCUT2D eigenvalue weighted by molar-refractivity contribution is -0.137. The van der Waals surface area contributed by atoms with Crippen LogP contribution in [0.2, 0.25) is 0 Å². The minimum Gasteiger partial charge on any atom is -0.503 e. The molecule has 5 N–H and O–H groups in total. The fraction of sp³-hybridized carbons (Fsp3) is 0.294. The molecule has 10 heteroatoms. The number of aliphatic hydroxyl groups excluding tert-OH is 2. The van der Waals surface area contributed by atoms with Gasteiger partial charge in [-0.25, -0.2) is 9.98 Å². The molecule has 0 aliphatic carbocycles. The Balaban J connectivity index is 0.000000461. The van der Waals surface area contributed by atoms with Crippen LogP contribution in [0.1, 0.15) is 47.5 Å². The fourth-order valence-electron chi connectivity index (χ4n) is 5.45. The minimum atomic E-state index is -0.745. The number of aliphatic hydroxyl groups is 2. The summed E-state index contributed by atoms with van der Waals surface area (Å²) in [5.74, 6) is -1.97. The average Bonchev–Trinajstić information content (AvgIpc) is 3.74. The first-order chi connectivity index (χ1) is 20.7. The number of rotatable bonds is 4. The van der Waals surface area contributed by atoms with E-state index in [2.05, 4.69) is 48.0 Å². The van der Waals surface area contributed by atoms with Crippen LogP contribution >= 0.6 is 0 Å². The van der Waals surface area contributed by atoms with Crippen molar-refractivity contribution in [1.82, 2.24) is 9.88 Å². The number of aromatic nitrogens is 1. The van der Waals surface area contributed by atoms with Gasteiger partial charge < -0.3 is 30.3 Å². The molecule has 44 heavy (non-hydrogen) atoms. The molecule has 0 aromatic carbocycles. The van der Waals surface area contributed by atoms with E-state index in [0.717, 1.165) is 39.0 Å². The van der Waals surface area contributed by atoms with E-state index in [1.165, 1.54) is 0 Å². The van der Waals surface area contributed by atoms with Crippen LogP contribution in [0.25, 0.3) is 12.2 Å². The molecular weight excluding hydrogens is 560 g/mol. The molecule has 0 saturated carbocycles. The Labute approximate surface area is 256 Å². The zero-order valence-corrected chi connectivity index (χ0v) is 26.0. The zero-order chi connectivity index (χ0) is 33.0. The molecule has 10 nitrogen and oxygen atoms in total. The van der Waals surface area contributed by atoms with Crippen molar-refractivity contribution in [1.29, 1.82) is 0 Å². The van der Waals surface area contributed by atoms with E-state index in [9.17, 15) is 19.8 Å². The summed E-state index contributed by atoms with van der Waals surface area (Å²) in [6.45, 7) is 17.7. The Morgan fingerprint density at radius 2 is 1.52 bits per heavy atom. The van der Waals surface area contributed by atoms with Crippen molar-refractivity contribution in [3.05, 3.63) is 106 Å². The van der Waals surface area contributed by atoms with E-state index in [1.54, 1.807) is 19.9 Å². The van der Waals surface area contributed by atoms with Crippen LogP contribution < -0.4 is 10.7 Å². The molecule has 2 unspecified atom stereocenters. The second-order valence-electron chi connectivity index (χ2n) is 10.7. The summed E-state index contributed by atoms with van der Waals surface area (Å²) < 4.78 is 0. The summed E-state index contributed by atoms with van der Waals surface area (Å²) in [4.78, 5) is 33.6. The first-order valence-electron chi connectivity index (χ1n) is 14.2. The van der Waals surface area contributed by atoms with Crippen LogP contribution in [0.5, 0.6) is 0 Å². The predicted molar refractivity (Wildman–Crippen MR) is 174 cm³/mol. The number of carbonyl (C=O) groups is 2. The molecular formula is C34H40N4O6. The third-order valence-corrected chi connectivity index (χ3v) is 8.19. The van der Waals surface area contributed by atoms with E-state index in [-0.39, 0.29) is 24.4 Å². The Bertz CT molecular complexity index is 1730. The highest BCUT2D eigenvalue weighted by Gasteiger charge is 2.54. The quantitative estimate of drug-likeness (QED) is 0.309. The lowest BCUT2D eigenvalue weighted by Gasteiger charge is -2.44. The molecule has 2 atom stereocenters. The number of likely N-dealkylation sites (N-methyl/N-ethyl adjacent to an activating group) is 1. The van der Waals surface area contributed by atoms with Crippen LogP contribution in [0, 0.1) is 5.41 Å². The lowest BCUT2D eigenvalue weighted by Crippen LogP contribution is -2.49. The smallest absolute Gasteiger partial charge is 0.303 e. The second kappa shape index (κ2) is 13.0. The largest absolute Gasteiger partial charge is 0.503 e. The molecule has 0 radical (unpaired) electrons. The highest BCUT2D eigenvalue weighted by Crippen LogP contribution is 2.55. The van der Waals surface area contributed by atoms with Gasteiger partial charge in [-0.05, 0) is 68.9 Å². The molecule has 0 fully saturated rings. The number of H-pyrrole nitrogens is 1. The third-order valence-electron chi connectivity index (χ3n) is 8.19. The van der Waals surface area contributed by atoms with Gasteiger partial charge in [0.15, 0.2) is 11.5 Å². The maximum atomic E-state index is 10.8. The highest BCUT2D eigenvalue weighted by atomic mass is 16.4. The Morgan fingerprint density at radius 3 is 2.05 bits per heavy atom. The number of aliphatic carboxylic acids is 2. The maximum Gasteiger partial charge on any atom is 0.303 e. The van der Waals surface area contributed by atoms with Crippen LogP contribution in [-0.4, -0.2) is 66.3 Å². The Morgan fingerprint density at radius 1 is 0.955 bits per heavy atom. The molecule has 4 aliphatic rings. The summed E-state index contributed by atoms with van der Waals surface area (Å²) >= 11 is 0. The lowest BCUT2D eigenvalue weighted by atomic mass is 9.68. The second-order valence-corrected chi connectivity index (χ2v) is 10.7. The molecule has 1 aromatic heterocycles. The monoisotopic (exact) mass is 600 g/mol. The van der Waals surface area contributed by atoms with Crippen molar-refractivity contribution in [2.45, 2.75) is 53.0 Å². The van der Waals surface area contributed by atoms with Crippen LogP contribution in [0.15, 0.2) is 105 Å². The van der Waals surface area contributed by atoms with E-state index in [0.29, 0.717) is 11.4 Å². The van der Waals surface area contributed by atoms with Crippen molar-refractivity contribution in [3.8, 4) is 0 Å². The number of carboxylic acid groups (broad SMARTS) is 2. The van der Waals surface area contributed by atoms with Crippen molar-refractivity contribution in [3.63, 3.8) is 0 Å². The van der Waals surface area contributed by atoms with E-state index in [1.807, 2.05) is 56.5 Å². The molecule has 5 heterocycles. The maximum absolute atomic E-state index is 10.8. The fourth-order valence-corrected chi connectivity index (χ4v) is 5.45. The average molecular weight is 601 g/mol. The number of nitrogens with zero attached hydrogens (tertiary/aromatic N) is 3. The normalized spacial score (nSPS) is 23.3. The molecule has 0 spiro atoms. The Hall–Kier alpha value is -5.12. The van der Waals surface area contributed by atoms with Gasteiger partial charge in [0.05, 0.1) is 16.9 Å². The van der Waals surface area contributed by atoms with Crippen LogP contribution in [-0.2, 0) is 9.59 Å². The highest BCUT2D eigenvalue weighted by molar-refractivity contribution is 6.22. The Kier molecular flexibility index (Phi) is 9.89. The standard InChI is InChI=1S/C28H28N4O2.2C3H6O2/c1-7-27(5)17(4)24-16(3)23-26(34)25(33)22(31-23)14-20-10-9-18(29-20)13-19-11-12-21(30-19)15-28(27,8-2)32(24)6;2*1-2-3(4)5/h7-15,29,33-34H,1-2H2,3-6H3;2*2H2,1H3,(H,4,5). The van der Waals surface area contributed by atoms with Crippen molar-refractivity contribution in [2.75, 3.05) is 7.05 Å². The number of aliphatic imine (C=N–C) groups is 2. The van der Waals surface area contributed by atoms with Crippen LogP contribution in [0.3, 0.4) is 0 Å². The van der Waals surface area contributed by atoms with Crippen molar-refractivity contribution >= 4 is 35.5 Å². The van der Waals surface area contributed by atoms with E-state index >= 15 is 0 Å². The first kappa shape index (κ1) is 33.4. The SMILES string of the molecule is C=CC1(C)C(C)=C2C(C)=C3N=C(C=c4ccc([nH]4)=CC4=NC(=CC1(C=C)N2C)C=C4)C(O)=C3O.CCC(=O)O.CCC(=O)O. The number of hydrogen-bond acceptors (Lipinski definition) is 7. The number of hydrogen-bond donors (Lipinski definition) is 5. The summed E-state index contributed by atoms with van der Waals surface area (Å²) in [5, 5.41) is 38.6. The molecule has 0 saturated heterocycles. The summed E-state index contributed by atoms with van der Waals surface area (Å²) in [6.07, 6.45) is 14.1. The predicted octanol–water partition coefficient (Wildman–Crippen LogP) is 4.84. The topological polar surface area (TPSA) is 159 Å². The number of aromatic amines is 1. The van der Waals surface area contributed by atoms with Gasteiger partial charge in [0.1, 0.15) is 11.4 Å². The molecule has 8 bridgehead atoms. The number of nitrogens with one attached hydrogen (secondary N) is 1. The summed E-state index contributed by atoms with van der Waals surface area (Å²) in [5.41, 5.74) is 3.84. The first-order valence-corrected chi connectivity index (χ1v) is 14.2. The van der Waals surface area contributed by atoms with Crippen LogP contribution in [0.4, 0.5) is 0 Å². The van der Waals surface area contributed by atoms with Gasteiger partial charge in [0, 0.05) is 47.3 Å². The van der Waals surface area contributed by atoms with Gasteiger partial charge in [0.2, 0.25) is 0 Å². The van der Waals surface area contributed by atoms with E-state index in [4.69, 9.17) is 15.2 Å². The van der Waals surface area contributed by atoms with Crippen molar-refractivity contribution in [2.24, 2.45) is 15.4 Å². The molecule has 5 rings (SSSR count). The van der Waals surface area contributed by atoms with Gasteiger partial charge in [-0.15, -0.1) is 13.2 Å². The minimum absolute atomic E-state index is 0.222. The number of fused-ring (bicyclic) bond motifs is 6. The molecule has 0 amide bonds. The molecule has 4 aliphatic heterocycles. The number of carboxylic acids is 2. The number of allylic oxidation sites excluding steroid dienone is 4. The van der Waals surface area contributed by atoms with Crippen molar-refractivity contribution < 1.29 is 30.0 Å². The van der Waals surface area contributed by atoms with Gasteiger partial charge in [0.25, 0.3) is 0 Å². The van der Waals surface area contributed by atoms with E-state index < -0.39 is 22.9 Å².